The number of nitrogens with one attached hydrogen (secondary N) is 1. The second-order valence-electron chi connectivity index (χ2n) is 4.45. The van der Waals surface area contributed by atoms with E-state index in [1.807, 2.05) is 0 Å². The molecule has 0 fully saturated rings. The van der Waals surface area contributed by atoms with Gasteiger partial charge in [0, 0.05) is 17.2 Å². The van der Waals surface area contributed by atoms with Gasteiger partial charge in [0.15, 0.2) is 4.34 Å². The fourth-order valence-corrected chi connectivity index (χ4v) is 3.19. The number of rotatable bonds is 6. The Balaban J connectivity index is 2.05. The topological polar surface area (TPSA) is 124 Å². The number of thioether (sulfide) groups is 1. The van der Waals surface area contributed by atoms with Crippen molar-refractivity contribution in [2.75, 3.05) is 18.2 Å². The highest BCUT2D eigenvalue weighted by Gasteiger charge is 2.16. The smallest absolute Gasteiger partial charge is 0.316 e. The number of hydrogen-bond donors (Lipinski definition) is 1. The highest BCUT2D eigenvalue weighted by Crippen LogP contribution is 2.26. The molecule has 11 heteroatoms. The molecule has 2 aromatic rings. The van der Waals surface area contributed by atoms with E-state index in [1.165, 1.54) is 25.3 Å². The fourth-order valence-electron chi connectivity index (χ4n) is 1.61. The Morgan fingerprint density at radius 3 is 2.83 bits per heavy atom. The number of aryl methyl sites for hydroxylation is 1. The number of carbonyl (C=O) groups excluding carboxylic acids is 2. The van der Waals surface area contributed by atoms with Gasteiger partial charge in [-0.3, -0.25) is 25.0 Å². The van der Waals surface area contributed by atoms with Crippen LogP contribution in [-0.2, 0) is 9.53 Å². The van der Waals surface area contributed by atoms with Gasteiger partial charge in [0.2, 0.25) is 5.13 Å². The van der Waals surface area contributed by atoms with E-state index in [0.717, 1.165) is 23.1 Å². The summed E-state index contributed by atoms with van der Waals surface area (Å²) in [6, 6.07) is 4.20. The molecule has 0 atom stereocenters. The van der Waals surface area contributed by atoms with Crippen LogP contribution in [0.25, 0.3) is 0 Å². The summed E-state index contributed by atoms with van der Waals surface area (Å²) < 4.78 is 5.00. The molecule has 0 aliphatic rings. The van der Waals surface area contributed by atoms with Crippen molar-refractivity contribution in [3.63, 3.8) is 0 Å². The minimum Gasteiger partial charge on any atom is -0.468 e. The van der Waals surface area contributed by atoms with Crippen LogP contribution in [0.5, 0.6) is 0 Å². The first-order chi connectivity index (χ1) is 11.4. The van der Waals surface area contributed by atoms with E-state index in [9.17, 15) is 19.7 Å². The molecule has 0 saturated carbocycles. The lowest BCUT2D eigenvalue weighted by atomic mass is 10.1. The maximum absolute atomic E-state index is 12.1. The second kappa shape index (κ2) is 7.84. The number of amides is 1. The summed E-state index contributed by atoms with van der Waals surface area (Å²) in [5.74, 6) is -0.838. The van der Waals surface area contributed by atoms with Gasteiger partial charge in [-0.15, -0.1) is 10.2 Å². The molecule has 9 nitrogen and oxygen atoms in total. The maximum atomic E-state index is 12.1. The van der Waals surface area contributed by atoms with E-state index in [4.69, 9.17) is 0 Å². The third kappa shape index (κ3) is 4.49. The summed E-state index contributed by atoms with van der Waals surface area (Å²) in [5.41, 5.74) is 0.481. The standard InChI is InChI=1S/C13H12N4O5S2/c1-7-3-4-8(5-9(7)17(20)21)11(19)14-12-15-16-13(24-12)23-6-10(18)22-2/h3-5H,6H2,1-2H3,(H,14,15,19). The predicted octanol–water partition coefficient (Wildman–Crippen LogP) is 2.27. The molecular formula is C13H12N4O5S2. The molecular weight excluding hydrogens is 356 g/mol. The van der Waals surface area contributed by atoms with Crippen molar-refractivity contribution in [2.45, 2.75) is 11.3 Å². The van der Waals surface area contributed by atoms with E-state index in [1.54, 1.807) is 6.92 Å². The van der Waals surface area contributed by atoms with Crippen molar-refractivity contribution in [1.82, 2.24) is 10.2 Å². The molecule has 0 saturated heterocycles. The average Bonchev–Trinajstić information content (AvgIpc) is 3.00. The van der Waals surface area contributed by atoms with Gasteiger partial charge in [-0.2, -0.15) is 0 Å². The van der Waals surface area contributed by atoms with E-state index in [0.29, 0.717) is 9.90 Å². The molecule has 0 spiro atoms. The number of anilines is 1. The number of benzene rings is 1. The number of carbonyl (C=O) groups is 2. The lowest BCUT2D eigenvalue weighted by Crippen LogP contribution is -2.12. The van der Waals surface area contributed by atoms with Crippen LogP contribution in [-0.4, -0.2) is 39.9 Å². The summed E-state index contributed by atoms with van der Waals surface area (Å²) in [7, 11) is 1.29. The number of hydrogen-bond acceptors (Lipinski definition) is 9. The molecule has 1 aromatic heterocycles. The number of ether oxygens (including phenoxy) is 1. The van der Waals surface area contributed by atoms with Crippen molar-refractivity contribution < 1.29 is 19.2 Å². The third-order valence-electron chi connectivity index (χ3n) is 2.84. The number of nitro benzene ring substituents is 1. The molecule has 0 radical (unpaired) electrons. The second-order valence-corrected chi connectivity index (χ2v) is 6.65. The highest BCUT2D eigenvalue weighted by molar-refractivity contribution is 8.01. The van der Waals surface area contributed by atoms with Gasteiger partial charge in [0.05, 0.1) is 17.8 Å². The number of esters is 1. The Bertz CT molecular complexity index is 792. The minimum absolute atomic E-state index is 0.0865. The number of aromatic nitrogens is 2. The van der Waals surface area contributed by atoms with Gasteiger partial charge >= 0.3 is 5.97 Å². The van der Waals surface area contributed by atoms with E-state index in [-0.39, 0.29) is 22.1 Å². The molecule has 2 rings (SSSR count). The monoisotopic (exact) mass is 368 g/mol. The Labute approximate surface area is 144 Å². The molecule has 1 N–H and O–H groups in total. The summed E-state index contributed by atoms with van der Waals surface area (Å²) >= 11 is 2.22. The normalized spacial score (nSPS) is 10.2. The van der Waals surface area contributed by atoms with E-state index < -0.39 is 16.8 Å². The Kier molecular flexibility index (Phi) is 5.82. The third-order valence-corrected chi connectivity index (χ3v) is 4.78. The summed E-state index contributed by atoms with van der Waals surface area (Å²) in [5, 5.41) is 21.3. The van der Waals surface area contributed by atoms with Crippen molar-refractivity contribution in [1.29, 1.82) is 0 Å². The molecule has 0 bridgehead atoms. The molecule has 1 amide bonds. The average molecular weight is 368 g/mol. The summed E-state index contributed by atoms with van der Waals surface area (Å²) in [6.07, 6.45) is 0. The van der Waals surface area contributed by atoms with Crippen molar-refractivity contribution in [3.05, 3.63) is 39.4 Å². The van der Waals surface area contributed by atoms with Crippen LogP contribution >= 0.6 is 23.1 Å². The first-order valence-corrected chi connectivity index (χ1v) is 8.30. The van der Waals surface area contributed by atoms with Crippen LogP contribution in [0.4, 0.5) is 10.8 Å². The Hall–Kier alpha value is -2.53. The molecule has 1 heterocycles. The molecule has 24 heavy (non-hydrogen) atoms. The van der Waals surface area contributed by atoms with Crippen LogP contribution in [0.2, 0.25) is 0 Å². The molecule has 126 valence electrons. The molecule has 0 aliphatic carbocycles. The zero-order chi connectivity index (χ0) is 17.7. The highest BCUT2D eigenvalue weighted by atomic mass is 32.2. The zero-order valence-corrected chi connectivity index (χ0v) is 14.3. The SMILES string of the molecule is COC(=O)CSc1nnc(NC(=O)c2ccc(C)c([N+](=O)[O-])c2)s1. The lowest BCUT2D eigenvalue weighted by Gasteiger charge is -2.02. The summed E-state index contributed by atoms with van der Waals surface area (Å²) in [6.45, 7) is 1.59. The van der Waals surface area contributed by atoms with E-state index in [2.05, 4.69) is 20.3 Å². The van der Waals surface area contributed by atoms with Crippen LogP contribution in [0.3, 0.4) is 0 Å². The molecule has 0 aliphatic heterocycles. The number of nitro groups is 1. The van der Waals surface area contributed by atoms with Crippen molar-refractivity contribution >= 4 is 45.8 Å². The van der Waals surface area contributed by atoms with Crippen molar-refractivity contribution in [2.24, 2.45) is 0 Å². The zero-order valence-electron chi connectivity index (χ0n) is 12.6. The van der Waals surface area contributed by atoms with Gasteiger partial charge < -0.3 is 4.74 Å². The Morgan fingerprint density at radius 1 is 1.42 bits per heavy atom. The Morgan fingerprint density at radius 2 is 2.17 bits per heavy atom. The van der Waals surface area contributed by atoms with Crippen LogP contribution in [0.15, 0.2) is 22.5 Å². The molecule has 1 aromatic carbocycles. The van der Waals surface area contributed by atoms with Crippen LogP contribution in [0.1, 0.15) is 15.9 Å². The van der Waals surface area contributed by atoms with Crippen LogP contribution in [0, 0.1) is 17.0 Å². The van der Waals surface area contributed by atoms with Gasteiger partial charge in [-0.25, -0.2) is 0 Å². The fraction of sp³-hybridized carbons (Fsp3) is 0.231. The van der Waals surface area contributed by atoms with Crippen molar-refractivity contribution in [3.8, 4) is 0 Å². The largest absolute Gasteiger partial charge is 0.468 e. The van der Waals surface area contributed by atoms with Gasteiger partial charge in [0.25, 0.3) is 11.6 Å². The number of nitrogens with zero attached hydrogens (tertiary/aromatic N) is 3. The number of methoxy groups -OCH3 is 1. The molecule has 0 unspecified atom stereocenters. The summed E-state index contributed by atoms with van der Waals surface area (Å²) in [4.78, 5) is 33.6. The maximum Gasteiger partial charge on any atom is 0.316 e. The van der Waals surface area contributed by atoms with Crippen LogP contribution < -0.4 is 5.32 Å². The quantitative estimate of drug-likeness (QED) is 0.271. The van der Waals surface area contributed by atoms with Gasteiger partial charge in [-0.05, 0) is 13.0 Å². The van der Waals surface area contributed by atoms with Gasteiger partial charge in [-0.1, -0.05) is 29.2 Å². The predicted molar refractivity (Wildman–Crippen MR) is 88.4 cm³/mol. The first kappa shape index (κ1) is 17.8. The minimum atomic E-state index is -0.543. The first-order valence-electron chi connectivity index (χ1n) is 6.50. The lowest BCUT2D eigenvalue weighted by molar-refractivity contribution is -0.385. The van der Waals surface area contributed by atoms with E-state index >= 15 is 0 Å². The van der Waals surface area contributed by atoms with Gasteiger partial charge in [0.1, 0.15) is 0 Å².